The number of nitrogens with two attached hydrogens (primary N) is 1. The molecule has 1 aliphatic rings. The van der Waals surface area contributed by atoms with Crippen LogP contribution in [0.1, 0.15) is 36.7 Å². The number of hydrogen-bond acceptors (Lipinski definition) is 4. The van der Waals surface area contributed by atoms with Crippen LogP contribution in [0.15, 0.2) is 4.79 Å². The Labute approximate surface area is 91.5 Å². The largest absolute Gasteiger partial charge is 0.369 e. The van der Waals surface area contributed by atoms with Gasteiger partial charge in [0, 0.05) is 5.92 Å². The van der Waals surface area contributed by atoms with Crippen LogP contribution in [0.5, 0.6) is 0 Å². The molecule has 84 valence electrons. The van der Waals surface area contributed by atoms with Gasteiger partial charge in [0.2, 0.25) is 5.95 Å². The molecule has 6 nitrogen and oxygen atoms in total. The molecule has 3 N–H and O–H groups in total. The van der Waals surface area contributed by atoms with Crippen molar-refractivity contribution in [2.45, 2.75) is 32.1 Å². The summed E-state index contributed by atoms with van der Waals surface area (Å²) in [5.74, 6) is 1.36. The molecule has 0 aromatic carbocycles. The number of fused-ring (bicyclic) bond motifs is 1. The quantitative estimate of drug-likeness (QED) is 0.734. The van der Waals surface area contributed by atoms with Gasteiger partial charge in [0.15, 0.2) is 5.65 Å². The second-order valence-corrected chi connectivity index (χ2v) is 4.27. The Morgan fingerprint density at radius 2 is 2.19 bits per heavy atom. The van der Waals surface area contributed by atoms with Gasteiger partial charge in [0.25, 0.3) is 0 Å². The Morgan fingerprint density at radius 3 is 2.81 bits per heavy atom. The molecule has 0 radical (unpaired) electrons. The summed E-state index contributed by atoms with van der Waals surface area (Å²) in [6.45, 7) is 1.85. The number of aromatic nitrogens is 4. The van der Waals surface area contributed by atoms with E-state index in [0.717, 1.165) is 24.4 Å². The molecule has 1 aliphatic carbocycles. The minimum Gasteiger partial charge on any atom is -0.369 e. The smallest absolute Gasteiger partial charge is 0.335 e. The predicted octanol–water partition coefficient (Wildman–Crippen LogP) is 0.576. The molecular weight excluding hydrogens is 206 g/mol. The second kappa shape index (κ2) is 3.07. The standard InChI is InChI=1S/C10H13N5O/c1-5-7-13-9(11)14-10(16)15(7)8(12-5)6-3-2-4-6/h6H,2-4H2,1H3,(H3,11,13,14,16). The molecule has 0 atom stereocenters. The molecule has 1 fully saturated rings. The van der Waals surface area contributed by atoms with Crippen LogP contribution in [0.4, 0.5) is 5.95 Å². The average molecular weight is 219 g/mol. The van der Waals surface area contributed by atoms with E-state index in [0.29, 0.717) is 11.6 Å². The molecule has 16 heavy (non-hydrogen) atoms. The highest BCUT2D eigenvalue weighted by Gasteiger charge is 2.26. The van der Waals surface area contributed by atoms with Crippen LogP contribution in [0.3, 0.4) is 0 Å². The SMILES string of the molecule is Cc1nc(C2CCC2)n2c(=O)[nH]c(N)nc12. The van der Waals surface area contributed by atoms with Gasteiger partial charge >= 0.3 is 5.69 Å². The molecule has 0 saturated heterocycles. The highest BCUT2D eigenvalue weighted by Crippen LogP contribution is 2.35. The van der Waals surface area contributed by atoms with E-state index in [2.05, 4.69) is 15.0 Å². The number of nitrogens with one attached hydrogen (secondary N) is 1. The van der Waals surface area contributed by atoms with E-state index in [1.165, 1.54) is 6.42 Å². The average Bonchev–Trinajstić information content (AvgIpc) is 2.41. The molecule has 1 saturated carbocycles. The van der Waals surface area contributed by atoms with Gasteiger partial charge in [-0.25, -0.2) is 14.2 Å². The van der Waals surface area contributed by atoms with Gasteiger partial charge < -0.3 is 5.73 Å². The minimum atomic E-state index is -0.245. The van der Waals surface area contributed by atoms with E-state index in [1.807, 2.05) is 6.92 Å². The van der Waals surface area contributed by atoms with Gasteiger partial charge in [-0.15, -0.1) is 0 Å². The predicted molar refractivity (Wildman–Crippen MR) is 59.3 cm³/mol. The number of aromatic amines is 1. The molecule has 2 heterocycles. The number of aryl methyl sites for hydroxylation is 1. The Bertz CT molecular complexity index is 607. The summed E-state index contributed by atoms with van der Waals surface area (Å²) in [6, 6.07) is 0. The molecule has 0 unspecified atom stereocenters. The topological polar surface area (TPSA) is 89.1 Å². The Morgan fingerprint density at radius 1 is 1.44 bits per heavy atom. The Balaban J connectivity index is 2.34. The Hall–Kier alpha value is -1.85. The maximum absolute atomic E-state index is 11.8. The maximum Gasteiger partial charge on any atom is 0.335 e. The fourth-order valence-electron chi connectivity index (χ4n) is 2.12. The lowest BCUT2D eigenvalue weighted by Crippen LogP contribution is -2.24. The summed E-state index contributed by atoms with van der Waals surface area (Å²) >= 11 is 0. The number of nitrogens with zero attached hydrogens (tertiary/aromatic N) is 3. The van der Waals surface area contributed by atoms with Crippen LogP contribution in [-0.4, -0.2) is 19.4 Å². The minimum absolute atomic E-state index is 0.139. The summed E-state index contributed by atoms with van der Waals surface area (Å²) in [5.41, 5.74) is 6.61. The lowest BCUT2D eigenvalue weighted by molar-refractivity contribution is 0.398. The fourth-order valence-corrected chi connectivity index (χ4v) is 2.12. The molecular formula is C10H13N5O. The third kappa shape index (κ3) is 1.16. The van der Waals surface area contributed by atoms with E-state index in [9.17, 15) is 4.79 Å². The van der Waals surface area contributed by atoms with Crippen molar-refractivity contribution in [1.29, 1.82) is 0 Å². The van der Waals surface area contributed by atoms with Crippen molar-refractivity contribution in [3.63, 3.8) is 0 Å². The summed E-state index contributed by atoms with van der Waals surface area (Å²) in [4.78, 5) is 22.9. The normalized spacial score (nSPS) is 16.6. The first-order valence-corrected chi connectivity index (χ1v) is 5.41. The zero-order valence-corrected chi connectivity index (χ0v) is 9.03. The van der Waals surface area contributed by atoms with Crippen LogP contribution in [0.25, 0.3) is 5.65 Å². The first-order valence-electron chi connectivity index (χ1n) is 5.41. The summed E-state index contributed by atoms with van der Waals surface area (Å²) in [7, 11) is 0. The van der Waals surface area contributed by atoms with Gasteiger partial charge in [-0.1, -0.05) is 6.42 Å². The summed E-state index contributed by atoms with van der Waals surface area (Å²) in [5, 5.41) is 0. The lowest BCUT2D eigenvalue weighted by Gasteiger charge is -2.23. The maximum atomic E-state index is 11.8. The number of rotatable bonds is 1. The zero-order chi connectivity index (χ0) is 11.3. The van der Waals surface area contributed by atoms with Gasteiger partial charge in [-0.3, -0.25) is 4.98 Å². The second-order valence-electron chi connectivity index (χ2n) is 4.27. The van der Waals surface area contributed by atoms with Gasteiger partial charge in [0.1, 0.15) is 5.82 Å². The van der Waals surface area contributed by atoms with Crippen molar-refractivity contribution >= 4 is 11.6 Å². The first-order chi connectivity index (χ1) is 7.66. The van der Waals surface area contributed by atoms with E-state index in [1.54, 1.807) is 4.40 Å². The van der Waals surface area contributed by atoms with Crippen LogP contribution < -0.4 is 11.4 Å². The monoisotopic (exact) mass is 219 g/mol. The van der Waals surface area contributed by atoms with Gasteiger partial charge in [-0.2, -0.15) is 4.98 Å². The van der Waals surface area contributed by atoms with Gasteiger partial charge in [-0.05, 0) is 19.8 Å². The lowest BCUT2D eigenvalue weighted by atomic mass is 9.85. The molecule has 0 aliphatic heterocycles. The van der Waals surface area contributed by atoms with Gasteiger partial charge in [0.05, 0.1) is 5.69 Å². The van der Waals surface area contributed by atoms with Crippen LogP contribution >= 0.6 is 0 Å². The highest BCUT2D eigenvalue weighted by molar-refractivity contribution is 5.47. The third-order valence-corrected chi connectivity index (χ3v) is 3.18. The summed E-state index contributed by atoms with van der Waals surface area (Å²) < 4.78 is 1.55. The highest BCUT2D eigenvalue weighted by atomic mass is 16.1. The zero-order valence-electron chi connectivity index (χ0n) is 9.03. The third-order valence-electron chi connectivity index (χ3n) is 3.18. The number of hydrogen-bond donors (Lipinski definition) is 2. The molecule has 3 rings (SSSR count). The van der Waals surface area contributed by atoms with E-state index >= 15 is 0 Å². The van der Waals surface area contributed by atoms with Crippen molar-refractivity contribution < 1.29 is 0 Å². The summed E-state index contributed by atoms with van der Waals surface area (Å²) in [6.07, 6.45) is 3.41. The first kappa shape index (κ1) is 9.38. The molecule has 0 bridgehead atoms. The van der Waals surface area contributed by atoms with Crippen molar-refractivity contribution in [1.82, 2.24) is 19.4 Å². The van der Waals surface area contributed by atoms with Crippen molar-refractivity contribution in [2.24, 2.45) is 0 Å². The number of nitrogen functional groups attached to an aromatic ring is 1. The van der Waals surface area contributed by atoms with Crippen LogP contribution in [0.2, 0.25) is 0 Å². The number of imidazole rings is 1. The van der Waals surface area contributed by atoms with Crippen LogP contribution in [-0.2, 0) is 0 Å². The molecule has 2 aromatic rings. The van der Waals surface area contributed by atoms with Crippen molar-refractivity contribution in [3.05, 3.63) is 22.0 Å². The number of anilines is 1. The number of H-pyrrole nitrogens is 1. The van der Waals surface area contributed by atoms with Crippen molar-refractivity contribution in [3.8, 4) is 0 Å². The molecule has 0 spiro atoms. The van der Waals surface area contributed by atoms with E-state index in [4.69, 9.17) is 5.73 Å². The molecule has 6 heteroatoms. The Kier molecular flexibility index (Phi) is 1.80. The van der Waals surface area contributed by atoms with Crippen LogP contribution in [0, 0.1) is 6.92 Å². The fraction of sp³-hybridized carbons (Fsp3) is 0.500. The van der Waals surface area contributed by atoms with E-state index < -0.39 is 0 Å². The van der Waals surface area contributed by atoms with E-state index in [-0.39, 0.29) is 11.6 Å². The molecule has 0 amide bonds. The van der Waals surface area contributed by atoms with Crippen molar-refractivity contribution in [2.75, 3.05) is 5.73 Å². The molecule has 2 aromatic heterocycles.